The molecule has 0 bridgehead atoms. The smallest absolute Gasteiger partial charge is 0.0254 e. The van der Waals surface area contributed by atoms with Crippen LogP contribution >= 0.6 is 11.9 Å². The van der Waals surface area contributed by atoms with Crippen molar-refractivity contribution in [2.45, 2.75) is 4.90 Å². The van der Waals surface area contributed by atoms with Crippen molar-refractivity contribution in [3.05, 3.63) is 29.8 Å². The molecule has 0 atom stereocenters. The molecule has 2 heteroatoms. The van der Waals surface area contributed by atoms with E-state index in [0.717, 1.165) is 5.56 Å². The highest BCUT2D eigenvalue weighted by molar-refractivity contribution is 7.97. The zero-order valence-electron chi connectivity index (χ0n) is 7.24. The van der Waals surface area contributed by atoms with Crippen LogP contribution in [0.1, 0.15) is 5.56 Å². The first-order valence-corrected chi connectivity index (χ1v) is 4.41. The van der Waals surface area contributed by atoms with Gasteiger partial charge in [0, 0.05) is 10.5 Å². The summed E-state index contributed by atoms with van der Waals surface area (Å²) in [4.78, 5) is 1.18. The van der Waals surface area contributed by atoms with Gasteiger partial charge in [-0.25, -0.2) is 0 Å². The topological polar surface area (TPSA) is 3.24 Å². The van der Waals surface area contributed by atoms with Gasteiger partial charge >= 0.3 is 0 Å². The van der Waals surface area contributed by atoms with Crippen LogP contribution in [0.5, 0.6) is 0 Å². The van der Waals surface area contributed by atoms with E-state index in [1.165, 1.54) is 4.90 Å². The number of rotatable bonds is 2. The fourth-order valence-electron chi connectivity index (χ4n) is 0.853. The third kappa shape index (κ3) is 2.61. The number of nitrogens with zero attached hydrogens (tertiary/aromatic N) is 1. The molecule has 0 unspecified atom stereocenters. The van der Waals surface area contributed by atoms with Gasteiger partial charge in [-0.2, -0.15) is 0 Å². The standard InChI is InChI=1S/C10H11NS/c1-4-9-6-5-7-10(8-9)12-11(2)3/h1,5-8H,2-3H3. The summed E-state index contributed by atoms with van der Waals surface area (Å²) in [7, 11) is 4.01. The highest BCUT2D eigenvalue weighted by Crippen LogP contribution is 2.19. The fraction of sp³-hybridized carbons (Fsp3) is 0.200. The Kier molecular flexibility index (Phi) is 3.21. The number of hydrogen-bond acceptors (Lipinski definition) is 2. The molecule has 0 saturated carbocycles. The van der Waals surface area contributed by atoms with Gasteiger partial charge in [-0.1, -0.05) is 12.0 Å². The van der Waals surface area contributed by atoms with E-state index in [9.17, 15) is 0 Å². The maximum absolute atomic E-state index is 5.28. The lowest BCUT2D eigenvalue weighted by atomic mass is 10.2. The fourth-order valence-corrected chi connectivity index (χ4v) is 1.59. The molecular formula is C10H11NS. The molecule has 0 radical (unpaired) electrons. The van der Waals surface area contributed by atoms with Gasteiger partial charge in [-0.05, 0) is 44.2 Å². The number of hydrogen-bond donors (Lipinski definition) is 0. The van der Waals surface area contributed by atoms with E-state index >= 15 is 0 Å². The zero-order valence-corrected chi connectivity index (χ0v) is 8.06. The van der Waals surface area contributed by atoms with Crippen LogP contribution in [0.4, 0.5) is 0 Å². The van der Waals surface area contributed by atoms with Crippen LogP contribution in [-0.4, -0.2) is 18.4 Å². The Morgan fingerprint density at radius 3 is 2.75 bits per heavy atom. The van der Waals surface area contributed by atoms with Crippen LogP contribution in [-0.2, 0) is 0 Å². The van der Waals surface area contributed by atoms with Gasteiger partial charge in [0.2, 0.25) is 0 Å². The average Bonchev–Trinajstić information content (AvgIpc) is 2.03. The molecule has 0 saturated heterocycles. The summed E-state index contributed by atoms with van der Waals surface area (Å²) in [6.07, 6.45) is 5.28. The third-order valence-corrected chi connectivity index (χ3v) is 2.12. The molecule has 0 aromatic heterocycles. The molecule has 0 aliphatic carbocycles. The molecule has 62 valence electrons. The Balaban J connectivity index is 2.81. The quantitative estimate of drug-likeness (QED) is 0.503. The molecule has 0 N–H and O–H groups in total. The highest BCUT2D eigenvalue weighted by Gasteiger charge is 1.95. The predicted molar refractivity (Wildman–Crippen MR) is 53.9 cm³/mol. The molecule has 0 aliphatic rings. The Hall–Kier alpha value is -0.910. The molecule has 0 amide bonds. The minimum atomic E-state index is 0.932. The molecule has 0 heterocycles. The van der Waals surface area contributed by atoms with E-state index in [2.05, 4.69) is 5.92 Å². The van der Waals surface area contributed by atoms with Crippen molar-refractivity contribution in [1.29, 1.82) is 0 Å². The monoisotopic (exact) mass is 177 g/mol. The molecular weight excluding hydrogens is 166 g/mol. The van der Waals surface area contributed by atoms with Crippen molar-refractivity contribution in [1.82, 2.24) is 4.31 Å². The minimum absolute atomic E-state index is 0.932. The summed E-state index contributed by atoms with van der Waals surface area (Å²) in [6.45, 7) is 0. The molecule has 1 aromatic carbocycles. The van der Waals surface area contributed by atoms with Crippen LogP contribution in [0.3, 0.4) is 0 Å². The lowest BCUT2D eigenvalue weighted by molar-refractivity contribution is 0.702. The normalized spacial score (nSPS) is 9.83. The van der Waals surface area contributed by atoms with E-state index in [0.29, 0.717) is 0 Å². The van der Waals surface area contributed by atoms with Gasteiger partial charge in [-0.15, -0.1) is 6.42 Å². The maximum atomic E-state index is 5.28. The van der Waals surface area contributed by atoms with Crippen molar-refractivity contribution in [3.8, 4) is 12.3 Å². The first-order valence-electron chi connectivity index (χ1n) is 3.64. The Labute approximate surface area is 77.9 Å². The third-order valence-electron chi connectivity index (χ3n) is 1.29. The number of benzene rings is 1. The summed E-state index contributed by atoms with van der Waals surface area (Å²) in [5, 5.41) is 0. The molecule has 0 fully saturated rings. The van der Waals surface area contributed by atoms with Gasteiger partial charge in [0.1, 0.15) is 0 Å². The first kappa shape index (κ1) is 9.18. The molecule has 1 aromatic rings. The second-order valence-electron chi connectivity index (χ2n) is 2.58. The summed E-state index contributed by atoms with van der Waals surface area (Å²) in [5.41, 5.74) is 0.932. The second kappa shape index (κ2) is 4.20. The molecule has 0 aliphatic heterocycles. The van der Waals surface area contributed by atoms with Gasteiger partial charge in [0.15, 0.2) is 0 Å². The van der Waals surface area contributed by atoms with Crippen molar-refractivity contribution in [2.24, 2.45) is 0 Å². The Morgan fingerprint density at radius 1 is 1.42 bits per heavy atom. The van der Waals surface area contributed by atoms with Crippen LogP contribution < -0.4 is 0 Å². The van der Waals surface area contributed by atoms with Gasteiger partial charge < -0.3 is 0 Å². The zero-order chi connectivity index (χ0) is 8.97. The van der Waals surface area contributed by atoms with Gasteiger partial charge in [-0.3, -0.25) is 4.31 Å². The molecule has 12 heavy (non-hydrogen) atoms. The molecule has 0 spiro atoms. The van der Waals surface area contributed by atoms with Crippen LogP contribution in [0.2, 0.25) is 0 Å². The summed E-state index contributed by atoms with van der Waals surface area (Å²) >= 11 is 1.67. The van der Waals surface area contributed by atoms with Gasteiger partial charge in [0.25, 0.3) is 0 Å². The van der Waals surface area contributed by atoms with E-state index < -0.39 is 0 Å². The van der Waals surface area contributed by atoms with Crippen LogP contribution in [0.15, 0.2) is 29.2 Å². The maximum Gasteiger partial charge on any atom is 0.0254 e. The Morgan fingerprint density at radius 2 is 2.17 bits per heavy atom. The van der Waals surface area contributed by atoms with E-state index in [1.807, 2.05) is 42.7 Å². The first-order chi connectivity index (χ1) is 5.72. The van der Waals surface area contributed by atoms with Gasteiger partial charge in [0.05, 0.1) is 0 Å². The Bertz CT molecular complexity index is 299. The van der Waals surface area contributed by atoms with Crippen molar-refractivity contribution >= 4 is 11.9 Å². The number of terminal acetylenes is 1. The second-order valence-corrected chi connectivity index (χ2v) is 3.96. The van der Waals surface area contributed by atoms with Crippen LogP contribution in [0, 0.1) is 12.3 Å². The lowest BCUT2D eigenvalue weighted by Gasteiger charge is -2.07. The summed E-state index contributed by atoms with van der Waals surface area (Å²) < 4.78 is 2.04. The van der Waals surface area contributed by atoms with Crippen molar-refractivity contribution in [3.63, 3.8) is 0 Å². The van der Waals surface area contributed by atoms with E-state index in [4.69, 9.17) is 6.42 Å². The molecule has 1 rings (SSSR count). The summed E-state index contributed by atoms with van der Waals surface area (Å²) in [6, 6.07) is 7.96. The van der Waals surface area contributed by atoms with Crippen molar-refractivity contribution in [2.75, 3.05) is 14.1 Å². The van der Waals surface area contributed by atoms with E-state index in [-0.39, 0.29) is 0 Å². The largest absolute Gasteiger partial charge is 0.253 e. The van der Waals surface area contributed by atoms with E-state index in [1.54, 1.807) is 11.9 Å². The lowest BCUT2D eigenvalue weighted by Crippen LogP contribution is -1.98. The molecule has 1 nitrogen and oxygen atoms in total. The average molecular weight is 177 g/mol. The SMILES string of the molecule is C#Cc1cccc(SN(C)C)c1. The predicted octanol–water partition coefficient (Wildman–Crippen LogP) is 2.24. The van der Waals surface area contributed by atoms with Crippen LogP contribution in [0.25, 0.3) is 0 Å². The minimum Gasteiger partial charge on any atom is -0.253 e. The highest BCUT2D eigenvalue weighted by atomic mass is 32.2. The van der Waals surface area contributed by atoms with Crippen molar-refractivity contribution < 1.29 is 0 Å². The summed E-state index contributed by atoms with van der Waals surface area (Å²) in [5.74, 6) is 2.61.